The number of phosphoric acid groups is 4. The van der Waals surface area contributed by atoms with Crippen LogP contribution in [0.3, 0.4) is 0 Å². The van der Waals surface area contributed by atoms with Gasteiger partial charge in [0, 0.05) is 51.7 Å². The molecule has 6 aliphatic rings. The number of nitrogens with two attached hydrogens (primary N) is 5. The molecule has 23 N–H and O–H groups in total. The number of nitrogens with one attached hydrogen (secondary N) is 1. The van der Waals surface area contributed by atoms with Crippen molar-refractivity contribution >= 4 is 119 Å². The predicted molar refractivity (Wildman–Crippen MR) is 464 cm³/mol. The van der Waals surface area contributed by atoms with Gasteiger partial charge >= 0.3 is 60.0 Å². The summed E-state index contributed by atoms with van der Waals surface area (Å²) in [4.78, 5) is 169. The number of carbonyl (C=O) groups excluding carboxylic acids is 1. The molecule has 0 radical (unpaired) electrons. The molecular formula is C70H91N24O38P5S. The highest BCUT2D eigenvalue weighted by atomic mass is 32.7. The van der Waals surface area contributed by atoms with Gasteiger partial charge in [0.25, 0.3) is 0 Å². The fraction of sp³-hybridized carbons (Fsp3) is 0.514. The number of carbonyl (C=O) groups is 2. The van der Waals surface area contributed by atoms with Crippen LogP contribution in [0.1, 0.15) is 49.4 Å². The third-order valence-electron chi connectivity index (χ3n) is 22.2. The molecule has 9 aromatic rings. The summed E-state index contributed by atoms with van der Waals surface area (Å²) < 4.78 is 159. The Morgan fingerprint density at radius 1 is 0.507 bits per heavy atom. The molecule has 750 valence electrons. The standard InChI is InChI=1S/C70H91N24O38P5S/c1-88(2)58-47-60(79-26-77-58)94(28-81-47)62-48(99)45(36(125-62)21-119-135(111,112)132-56-38(127-66(52(56)103)92-15-11-42(74)85-70(92)108)23-121-137(115,116)130-54-34(19-96)124-64(50(54)101)90-13-9-40(72)83-68(90)106)86-61(104)31(16-29-4-6-30(117-3)7-5-29)87-133(138,24-44(97)98)128-32-17-43(93-27-80-46-57(75)76-25-78-59(46)93)122-35(32)20-118-134(109,110)131-55-37(126-65(51(55)102)91-14-10-41(73)84-69(91)107)22-120-136(113,114)129-53-33(18-95)123-63(49(53)100)89-12-8-39(71)82-67(89)105/h4-15,25-28,31-38,43,45,48-56,62-66,95-96,99-103,138H,16-24H2,1-3H3,(H,86,104)(H,97,98)(H,109,110)(H,111,112)(H,113,114)(H,115,116)(H2,71,82,105)(H2,72,83,106)(H2,73,84,107)(H2,74,85,108)(H2,75,76,78)/t31-,32-,33+,34+,35+,36+,37+,38+,43+,45+,48+,49+,50+,51+,52+,53+,54+,55+,56+,62+,63+,64+,65+,66+,133+/m0/s1. The van der Waals surface area contributed by atoms with Crippen LogP contribution in [0.4, 0.5) is 34.9 Å². The van der Waals surface area contributed by atoms with E-state index in [4.69, 9.17) is 120 Å². The van der Waals surface area contributed by atoms with E-state index in [-0.39, 0.29) is 62.8 Å². The van der Waals surface area contributed by atoms with E-state index in [1.807, 2.05) is 0 Å². The summed E-state index contributed by atoms with van der Waals surface area (Å²) in [5.74, 6) is -3.56. The Labute approximate surface area is 777 Å². The molecule has 68 heteroatoms. The minimum atomic E-state index is -5.89. The van der Waals surface area contributed by atoms with Gasteiger partial charge in [0.1, 0.15) is 164 Å². The van der Waals surface area contributed by atoms with E-state index in [0.717, 1.165) is 70.8 Å². The smallest absolute Gasteiger partial charge is 0.472 e. The summed E-state index contributed by atoms with van der Waals surface area (Å²) in [5, 5.41) is 93.3. The molecule has 6 aliphatic heterocycles. The van der Waals surface area contributed by atoms with Crippen LogP contribution in [0.25, 0.3) is 22.3 Å². The minimum Gasteiger partial charge on any atom is -0.497 e. The predicted octanol–water partition coefficient (Wildman–Crippen LogP) is -5.22. The number of hydrogen-bond donors (Lipinski definition) is 19. The van der Waals surface area contributed by atoms with Gasteiger partial charge in [0.2, 0.25) is 5.91 Å². The summed E-state index contributed by atoms with van der Waals surface area (Å²) >= 11 is 4.86. The van der Waals surface area contributed by atoms with Gasteiger partial charge in [-0.25, -0.2) is 67.3 Å². The molecule has 0 saturated carbocycles. The number of aliphatic carboxylic acids is 1. The Morgan fingerprint density at radius 3 is 1.31 bits per heavy atom. The molecule has 6 saturated heterocycles. The highest BCUT2D eigenvalue weighted by Gasteiger charge is 2.57. The lowest BCUT2D eigenvalue weighted by Crippen LogP contribution is -2.51. The zero-order valence-corrected chi connectivity index (χ0v) is 76.9. The van der Waals surface area contributed by atoms with Crippen LogP contribution in [0.2, 0.25) is 0 Å². The average Bonchev–Trinajstić information content (AvgIpc) is 1.62. The number of benzene rings is 1. The largest absolute Gasteiger partial charge is 0.497 e. The van der Waals surface area contributed by atoms with Crippen LogP contribution in [0.5, 0.6) is 5.75 Å². The Morgan fingerprint density at radius 2 is 0.891 bits per heavy atom. The maximum atomic E-state index is 15.8. The van der Waals surface area contributed by atoms with Crippen molar-refractivity contribution in [3.05, 3.63) is 146 Å². The third kappa shape index (κ3) is 22.6. The van der Waals surface area contributed by atoms with Gasteiger partial charge in [0.05, 0.1) is 71.6 Å². The number of carboxylic acid groups (broad SMARTS) is 1. The van der Waals surface area contributed by atoms with Crippen LogP contribution in [-0.2, 0) is 103 Å². The first kappa shape index (κ1) is 102. The monoisotopic (exact) mass is 2060 g/mol. The fourth-order valence-corrected chi connectivity index (χ4v) is 22.6. The summed E-state index contributed by atoms with van der Waals surface area (Å²) in [6.07, 6.45) is -35.7. The van der Waals surface area contributed by atoms with Crippen LogP contribution < -0.4 is 66.4 Å². The number of aliphatic hydroxyl groups excluding tert-OH is 7. The second-order valence-electron chi connectivity index (χ2n) is 31.6. The van der Waals surface area contributed by atoms with Gasteiger partial charge in [-0.2, -0.15) is 19.9 Å². The van der Waals surface area contributed by atoms with Crippen molar-refractivity contribution in [3.8, 4) is 5.75 Å². The van der Waals surface area contributed by atoms with E-state index in [1.165, 1.54) is 53.2 Å². The number of amides is 1. The van der Waals surface area contributed by atoms with Crippen LogP contribution in [0.15, 0.2) is 123 Å². The van der Waals surface area contributed by atoms with Crippen LogP contribution in [0, 0.1) is 0 Å². The van der Waals surface area contributed by atoms with Crippen molar-refractivity contribution in [1.29, 1.82) is 0 Å². The zero-order chi connectivity index (χ0) is 99.3. The second kappa shape index (κ2) is 41.6. The maximum Gasteiger partial charge on any atom is 0.472 e. The average molecular weight is 2060 g/mol. The number of imidazole rings is 2. The van der Waals surface area contributed by atoms with Gasteiger partial charge in [-0.3, -0.25) is 77.9 Å². The number of carboxylic acids is 1. The lowest BCUT2D eigenvalue weighted by atomic mass is 10.0. The molecular weight excluding hydrogens is 1970 g/mol. The van der Waals surface area contributed by atoms with E-state index < -0.39 is 278 Å². The highest BCUT2D eigenvalue weighted by molar-refractivity contribution is 8.47. The Kier molecular flexibility index (Phi) is 30.8. The SMILES string of the molecule is COc1ccc(C[C@H](N=[P@](S)(CC(=O)O)O[C@H]2C[C@H](n3cnc4c(N)ncnc43)O[C@@H]2COP(=O)(O)O[C@H]2[C@@H](O)[C@H](n3ccc(N)nc3=O)O[C@@H]2COP(=O)(O)O[C@H]2[C@@H](O)[C@H](n3ccc(N)nc3=O)O[C@@H]2CO)C(=O)N[C@H]2[C@@H](O)[C@H](n3cnc4c(N(C)C)ncnc43)O[C@@H]2COP(=O)(O)O[C@H]2[C@@H](O)[C@H](n3ccc(N)nc3=O)O[C@@H]2COP(=O)(O)O[C@H]2[C@@H](O)[C@H](n3ccc(N)nc3=O)O[C@@H]2CO)cc1. The number of anilines is 6. The summed E-state index contributed by atoms with van der Waals surface area (Å²) in [5.41, 5.74) is 24.8. The molecule has 62 nitrogen and oxygen atoms in total. The number of ether oxygens (including phenoxy) is 7. The number of aromatic nitrogens is 16. The van der Waals surface area contributed by atoms with E-state index in [1.54, 1.807) is 19.0 Å². The molecule has 29 atom stereocenters. The fourth-order valence-electron chi connectivity index (χ4n) is 15.8. The van der Waals surface area contributed by atoms with Gasteiger partial charge in [-0.1, -0.05) is 12.1 Å². The maximum absolute atomic E-state index is 15.8. The summed E-state index contributed by atoms with van der Waals surface area (Å²) in [7, 11) is -18.4. The lowest BCUT2D eigenvalue weighted by molar-refractivity contribution is -0.134. The van der Waals surface area contributed by atoms with Gasteiger partial charge in [0.15, 0.2) is 59.6 Å². The molecule has 0 aliphatic carbocycles. The molecule has 138 heavy (non-hydrogen) atoms. The number of fused-ring (bicyclic) bond motifs is 2. The normalized spacial score (nSPS) is 30.1. The minimum absolute atomic E-state index is 0.00590. The van der Waals surface area contributed by atoms with E-state index >= 15 is 4.79 Å². The molecule has 6 fully saturated rings. The number of aliphatic hydroxyl groups is 7. The Balaban J connectivity index is 0.713. The van der Waals surface area contributed by atoms with Crippen molar-refractivity contribution in [1.82, 2.24) is 82.6 Å². The molecule has 8 aromatic heterocycles. The van der Waals surface area contributed by atoms with Gasteiger partial charge in [-0.05, 0) is 42.0 Å². The Bertz CT molecular complexity index is 6500. The molecule has 1 amide bonds. The first-order chi connectivity index (χ1) is 65.3. The number of nitrogen functional groups attached to an aromatic ring is 5. The third-order valence-corrected chi connectivity index (χ3v) is 29.1. The van der Waals surface area contributed by atoms with Crippen molar-refractivity contribution in [2.45, 2.75) is 160 Å². The number of nitrogens with zero attached hydrogens (tertiary/aromatic N) is 18. The number of hydrogen-bond acceptors (Lipinski definition) is 50. The molecule has 15 rings (SSSR count). The first-order valence-corrected chi connectivity index (χ1v) is 49.8. The highest BCUT2D eigenvalue weighted by Crippen LogP contribution is 2.61. The molecule has 0 bridgehead atoms. The second-order valence-corrected chi connectivity index (χ2v) is 41.2. The van der Waals surface area contributed by atoms with Crippen molar-refractivity contribution in [3.63, 3.8) is 0 Å². The number of methoxy groups -OCH3 is 1. The number of rotatable bonds is 39. The van der Waals surface area contributed by atoms with Crippen molar-refractivity contribution in [2.24, 2.45) is 4.74 Å². The summed E-state index contributed by atoms with van der Waals surface area (Å²) in [6.45, 7) is -11.5. The van der Waals surface area contributed by atoms with E-state index in [2.05, 4.69) is 55.2 Å². The molecule has 0 spiro atoms. The van der Waals surface area contributed by atoms with Crippen LogP contribution >= 0.6 is 50.0 Å². The Hall–Kier alpha value is -10.2. The molecule has 14 heterocycles. The summed E-state index contributed by atoms with van der Waals surface area (Å²) in [6, 6.07) is 6.57. The van der Waals surface area contributed by atoms with E-state index in [0.29, 0.717) is 14.9 Å². The van der Waals surface area contributed by atoms with Gasteiger partial charge in [-0.15, -0.1) is 12.2 Å². The van der Waals surface area contributed by atoms with Crippen molar-refractivity contribution < 1.29 is 162 Å². The van der Waals surface area contributed by atoms with Crippen LogP contribution in [-0.4, -0.2) is 326 Å². The quantitative estimate of drug-likeness (QED) is 0.0126. The zero-order valence-electron chi connectivity index (χ0n) is 71.6. The molecule has 1 aromatic carbocycles. The van der Waals surface area contributed by atoms with Crippen molar-refractivity contribution in [2.75, 3.05) is 101 Å². The molecule has 4 unspecified atom stereocenters. The van der Waals surface area contributed by atoms with Gasteiger partial charge < -0.3 is 137 Å². The first-order valence-electron chi connectivity index (χ1n) is 40.8. The number of thiol groups is 1. The number of phosphoric ester groups is 4. The van der Waals surface area contributed by atoms with E-state index in [9.17, 15) is 103 Å². The lowest BCUT2D eigenvalue weighted by Gasteiger charge is -2.29. The topological polar surface area (TPSA) is 877 Å².